The smallest absolute Gasteiger partial charge is 0.260 e. The van der Waals surface area contributed by atoms with Crippen LogP contribution in [-0.4, -0.2) is 78.4 Å². The van der Waals surface area contributed by atoms with Gasteiger partial charge in [0, 0.05) is 39.3 Å². The molecule has 7 heteroatoms. The van der Waals surface area contributed by atoms with Gasteiger partial charge in [0.25, 0.3) is 5.91 Å². The molecule has 1 aromatic carbocycles. The Hall–Kier alpha value is -2.15. The molecule has 6 nitrogen and oxygen atoms in total. The number of nitrogens with zero attached hydrogens (tertiary/aromatic N) is 3. The Labute approximate surface area is 159 Å². The highest BCUT2D eigenvalue weighted by atomic mass is 19.1. The Morgan fingerprint density at radius 1 is 0.963 bits per heavy atom. The van der Waals surface area contributed by atoms with Crippen molar-refractivity contribution in [3.8, 4) is 5.75 Å². The van der Waals surface area contributed by atoms with Crippen LogP contribution in [0.2, 0.25) is 0 Å². The maximum atomic E-state index is 12.9. The molecule has 0 bridgehead atoms. The van der Waals surface area contributed by atoms with E-state index >= 15 is 0 Å². The third-order valence-electron chi connectivity index (χ3n) is 5.42. The summed E-state index contributed by atoms with van der Waals surface area (Å²) >= 11 is 0. The highest BCUT2D eigenvalue weighted by Crippen LogP contribution is 2.15. The van der Waals surface area contributed by atoms with Crippen LogP contribution < -0.4 is 4.74 Å². The molecule has 2 amide bonds. The quantitative estimate of drug-likeness (QED) is 0.785. The van der Waals surface area contributed by atoms with Crippen molar-refractivity contribution in [2.24, 2.45) is 0 Å². The summed E-state index contributed by atoms with van der Waals surface area (Å²) in [5.41, 5.74) is 0. The maximum absolute atomic E-state index is 12.9. The summed E-state index contributed by atoms with van der Waals surface area (Å²) in [6.07, 6.45) is 3.39. The standard InChI is InChI=1S/C20H28FN3O3/c1-16(20(26)24-9-3-2-4-10-24)22-11-13-23(14-12-22)19(25)15-27-18-7-5-17(21)6-8-18/h5-8,16H,2-4,9-15H2,1H3. The Kier molecular flexibility index (Phi) is 6.66. The predicted molar refractivity (Wildman–Crippen MR) is 99.9 cm³/mol. The zero-order valence-corrected chi connectivity index (χ0v) is 15.9. The molecule has 1 unspecified atom stereocenters. The first-order valence-electron chi connectivity index (χ1n) is 9.73. The van der Waals surface area contributed by atoms with Gasteiger partial charge in [0.05, 0.1) is 6.04 Å². The molecular weight excluding hydrogens is 349 g/mol. The van der Waals surface area contributed by atoms with Gasteiger partial charge in [0.1, 0.15) is 11.6 Å². The first-order valence-corrected chi connectivity index (χ1v) is 9.73. The lowest BCUT2D eigenvalue weighted by Crippen LogP contribution is -2.56. The molecule has 1 atom stereocenters. The molecule has 0 saturated carbocycles. The second-order valence-corrected chi connectivity index (χ2v) is 7.22. The van der Waals surface area contributed by atoms with E-state index in [2.05, 4.69) is 4.90 Å². The van der Waals surface area contributed by atoms with Crippen molar-refractivity contribution >= 4 is 11.8 Å². The molecule has 3 rings (SSSR count). The molecule has 2 aliphatic heterocycles. The largest absolute Gasteiger partial charge is 0.484 e. The number of carbonyl (C=O) groups excluding carboxylic acids is 2. The van der Waals surface area contributed by atoms with Gasteiger partial charge in [-0.2, -0.15) is 0 Å². The molecule has 0 aromatic heterocycles. The lowest BCUT2D eigenvalue weighted by molar-refractivity contribution is -0.140. The zero-order valence-electron chi connectivity index (χ0n) is 15.9. The zero-order chi connectivity index (χ0) is 19.2. The van der Waals surface area contributed by atoms with Crippen LogP contribution >= 0.6 is 0 Å². The second-order valence-electron chi connectivity index (χ2n) is 7.22. The first-order chi connectivity index (χ1) is 13.0. The van der Waals surface area contributed by atoms with Crippen LogP contribution in [0.4, 0.5) is 4.39 Å². The van der Waals surface area contributed by atoms with E-state index in [4.69, 9.17) is 4.74 Å². The molecule has 0 radical (unpaired) electrons. The van der Waals surface area contributed by atoms with Crippen LogP contribution in [-0.2, 0) is 9.59 Å². The molecule has 0 aliphatic carbocycles. The summed E-state index contributed by atoms with van der Waals surface area (Å²) in [5, 5.41) is 0. The number of benzene rings is 1. The third-order valence-corrected chi connectivity index (χ3v) is 5.42. The minimum Gasteiger partial charge on any atom is -0.484 e. The minimum absolute atomic E-state index is 0.0616. The second kappa shape index (κ2) is 9.17. The van der Waals surface area contributed by atoms with Crippen molar-refractivity contribution in [1.29, 1.82) is 0 Å². The molecule has 148 valence electrons. The number of hydrogen-bond acceptors (Lipinski definition) is 4. The van der Waals surface area contributed by atoms with Crippen molar-refractivity contribution in [3.05, 3.63) is 30.1 Å². The van der Waals surface area contributed by atoms with Crippen molar-refractivity contribution in [2.45, 2.75) is 32.2 Å². The molecule has 2 aliphatic rings. The van der Waals surface area contributed by atoms with Gasteiger partial charge >= 0.3 is 0 Å². The van der Waals surface area contributed by atoms with Gasteiger partial charge in [0.2, 0.25) is 5.91 Å². The van der Waals surface area contributed by atoms with Crippen molar-refractivity contribution < 1.29 is 18.7 Å². The number of ether oxygens (including phenoxy) is 1. The molecule has 27 heavy (non-hydrogen) atoms. The number of halogens is 1. The highest BCUT2D eigenvalue weighted by molar-refractivity contribution is 5.81. The highest BCUT2D eigenvalue weighted by Gasteiger charge is 2.30. The molecule has 1 aromatic rings. The normalized spacial score (nSPS) is 19.6. The average molecular weight is 377 g/mol. The van der Waals surface area contributed by atoms with Gasteiger partial charge in [-0.05, 0) is 50.5 Å². The topological polar surface area (TPSA) is 53.1 Å². The Balaban J connectivity index is 1.42. The summed E-state index contributed by atoms with van der Waals surface area (Å²) in [4.78, 5) is 30.9. The number of amides is 2. The van der Waals surface area contributed by atoms with Crippen LogP contribution in [0.1, 0.15) is 26.2 Å². The molecular formula is C20H28FN3O3. The van der Waals surface area contributed by atoms with E-state index in [-0.39, 0.29) is 30.3 Å². The van der Waals surface area contributed by atoms with E-state index in [9.17, 15) is 14.0 Å². The lowest BCUT2D eigenvalue weighted by Gasteiger charge is -2.39. The summed E-state index contributed by atoms with van der Waals surface area (Å²) in [5.74, 6) is 0.255. The molecule has 0 spiro atoms. The molecule has 2 heterocycles. The van der Waals surface area contributed by atoms with Gasteiger partial charge in [-0.3, -0.25) is 14.5 Å². The van der Waals surface area contributed by atoms with E-state index in [0.717, 1.165) is 25.9 Å². The summed E-state index contributed by atoms with van der Waals surface area (Å²) in [6.45, 7) is 6.17. The van der Waals surface area contributed by atoms with Gasteiger partial charge in [-0.15, -0.1) is 0 Å². The van der Waals surface area contributed by atoms with Gasteiger partial charge in [-0.1, -0.05) is 0 Å². The van der Waals surface area contributed by atoms with Crippen LogP contribution in [0.25, 0.3) is 0 Å². The average Bonchev–Trinajstić information content (AvgIpc) is 2.73. The number of piperidine rings is 1. The third kappa shape index (κ3) is 5.19. The van der Waals surface area contributed by atoms with Crippen molar-refractivity contribution in [1.82, 2.24) is 14.7 Å². The number of rotatable bonds is 5. The van der Waals surface area contributed by atoms with E-state index < -0.39 is 0 Å². The molecule has 2 fully saturated rings. The van der Waals surface area contributed by atoms with Crippen LogP contribution in [0, 0.1) is 5.82 Å². The number of hydrogen-bond donors (Lipinski definition) is 0. The fourth-order valence-corrected chi connectivity index (χ4v) is 3.66. The Morgan fingerprint density at radius 3 is 2.22 bits per heavy atom. The summed E-state index contributed by atoms with van der Waals surface area (Å²) < 4.78 is 18.3. The van der Waals surface area contributed by atoms with E-state index in [1.807, 2.05) is 11.8 Å². The number of piperazine rings is 1. The van der Waals surface area contributed by atoms with Gasteiger partial charge < -0.3 is 14.5 Å². The monoisotopic (exact) mass is 377 g/mol. The first kappa shape index (κ1) is 19.6. The molecule has 2 saturated heterocycles. The van der Waals surface area contributed by atoms with Crippen LogP contribution in [0.3, 0.4) is 0 Å². The van der Waals surface area contributed by atoms with E-state index in [1.165, 1.54) is 30.7 Å². The number of likely N-dealkylation sites (tertiary alicyclic amines) is 1. The summed E-state index contributed by atoms with van der Waals surface area (Å²) in [7, 11) is 0. The van der Waals surface area contributed by atoms with Crippen LogP contribution in [0.15, 0.2) is 24.3 Å². The lowest BCUT2D eigenvalue weighted by atomic mass is 10.1. The van der Waals surface area contributed by atoms with Crippen molar-refractivity contribution in [3.63, 3.8) is 0 Å². The van der Waals surface area contributed by atoms with E-state index in [0.29, 0.717) is 31.9 Å². The maximum Gasteiger partial charge on any atom is 0.260 e. The predicted octanol–water partition coefficient (Wildman–Crippen LogP) is 1.75. The van der Waals surface area contributed by atoms with Gasteiger partial charge in [0.15, 0.2) is 6.61 Å². The van der Waals surface area contributed by atoms with Crippen LogP contribution in [0.5, 0.6) is 5.75 Å². The van der Waals surface area contributed by atoms with E-state index in [1.54, 1.807) is 4.90 Å². The SMILES string of the molecule is CC(C(=O)N1CCCCC1)N1CCN(C(=O)COc2ccc(F)cc2)CC1. The number of carbonyl (C=O) groups is 2. The fraction of sp³-hybridized carbons (Fsp3) is 0.600. The summed E-state index contributed by atoms with van der Waals surface area (Å²) in [6, 6.07) is 5.48. The Bertz CT molecular complexity index is 638. The fourth-order valence-electron chi connectivity index (χ4n) is 3.66. The Morgan fingerprint density at radius 2 is 1.59 bits per heavy atom. The van der Waals surface area contributed by atoms with Crippen molar-refractivity contribution in [2.75, 3.05) is 45.9 Å². The van der Waals surface area contributed by atoms with Gasteiger partial charge in [-0.25, -0.2) is 4.39 Å². The molecule has 0 N–H and O–H groups in total. The minimum atomic E-state index is -0.335.